The maximum Gasteiger partial charge on any atom is 0.271 e. The van der Waals surface area contributed by atoms with Crippen LogP contribution >= 0.6 is 11.8 Å². The summed E-state index contributed by atoms with van der Waals surface area (Å²) in [5.41, 5.74) is 1.62. The molecule has 8 heteroatoms. The number of nitrogens with one attached hydrogen (secondary N) is 1. The fourth-order valence-electron chi connectivity index (χ4n) is 5.10. The summed E-state index contributed by atoms with van der Waals surface area (Å²) in [6, 6.07) is 4.29. The lowest BCUT2D eigenvalue weighted by Crippen LogP contribution is -2.35. The highest BCUT2D eigenvalue weighted by Crippen LogP contribution is 2.47. The molecule has 5 heterocycles. The smallest absolute Gasteiger partial charge is 0.271 e. The summed E-state index contributed by atoms with van der Waals surface area (Å²) in [6.07, 6.45) is 7.24. The second kappa shape index (κ2) is 8.13. The molecule has 3 aliphatic heterocycles. The van der Waals surface area contributed by atoms with Crippen LogP contribution in [-0.4, -0.2) is 45.1 Å². The Balaban J connectivity index is 1.58. The first-order valence-electron chi connectivity index (χ1n) is 11.3. The second-order valence-electron chi connectivity index (χ2n) is 9.40. The van der Waals surface area contributed by atoms with Gasteiger partial charge in [-0.1, -0.05) is 17.8 Å². The van der Waals surface area contributed by atoms with Gasteiger partial charge in [0.1, 0.15) is 5.82 Å². The molecular weight excluding hydrogens is 410 g/mol. The molecule has 0 aromatic carbocycles. The minimum atomic E-state index is -0.205. The molecule has 0 saturated carbocycles. The molecule has 0 radical (unpaired) electrons. The highest BCUT2D eigenvalue weighted by molar-refractivity contribution is 8.14. The van der Waals surface area contributed by atoms with Gasteiger partial charge in [0, 0.05) is 31.5 Å². The predicted octanol–water partition coefficient (Wildman–Crippen LogP) is 4.58. The topological polar surface area (TPSA) is 75.5 Å². The monoisotopic (exact) mass is 441 g/mol. The Morgan fingerprint density at radius 3 is 2.84 bits per heavy atom. The number of pyridine rings is 1. The van der Waals surface area contributed by atoms with Crippen molar-refractivity contribution in [3.63, 3.8) is 0 Å². The van der Waals surface area contributed by atoms with Crippen molar-refractivity contribution in [2.45, 2.75) is 69.8 Å². The van der Waals surface area contributed by atoms with Gasteiger partial charge in [0.15, 0.2) is 5.82 Å². The number of anilines is 1. The Morgan fingerprint density at radius 2 is 2.06 bits per heavy atom. The summed E-state index contributed by atoms with van der Waals surface area (Å²) in [5, 5.41) is 4.01. The highest BCUT2D eigenvalue weighted by atomic mass is 32.2. The van der Waals surface area contributed by atoms with Gasteiger partial charge in [0.25, 0.3) is 5.56 Å². The molecular formula is C23H31N5O2S. The lowest BCUT2D eigenvalue weighted by molar-refractivity contribution is -0.0705. The average molecular weight is 442 g/mol. The van der Waals surface area contributed by atoms with Gasteiger partial charge >= 0.3 is 0 Å². The first kappa shape index (κ1) is 20.8. The van der Waals surface area contributed by atoms with Gasteiger partial charge in [-0.3, -0.25) is 14.6 Å². The van der Waals surface area contributed by atoms with Crippen molar-refractivity contribution in [1.29, 1.82) is 0 Å². The molecule has 0 aliphatic carbocycles. The van der Waals surface area contributed by atoms with Crippen molar-refractivity contribution < 1.29 is 4.74 Å². The molecule has 5 rings (SSSR count). The summed E-state index contributed by atoms with van der Waals surface area (Å²) in [6.45, 7) is 9.00. The molecule has 0 spiro atoms. The van der Waals surface area contributed by atoms with Crippen molar-refractivity contribution >= 4 is 28.4 Å². The van der Waals surface area contributed by atoms with E-state index in [4.69, 9.17) is 14.7 Å². The zero-order valence-electron chi connectivity index (χ0n) is 18.6. The molecule has 166 valence electrons. The third kappa shape index (κ3) is 3.96. The number of aromatic nitrogens is 3. The van der Waals surface area contributed by atoms with E-state index in [1.54, 1.807) is 11.8 Å². The largest absolute Gasteiger partial charge is 0.375 e. The van der Waals surface area contributed by atoms with E-state index in [1.807, 2.05) is 23.9 Å². The SMILES string of the molecule is CC1=Nc2c(c(=O)[nH]n2[C@@H]2CCOC(C)(C)C2)[C@H](c2cccnc2N2CCCCC2)S1. The van der Waals surface area contributed by atoms with Crippen molar-refractivity contribution in [1.82, 2.24) is 14.8 Å². The fraction of sp³-hybridized carbons (Fsp3) is 0.609. The molecule has 0 bridgehead atoms. The molecule has 2 atom stereocenters. The maximum absolute atomic E-state index is 13.2. The quantitative estimate of drug-likeness (QED) is 0.755. The van der Waals surface area contributed by atoms with Gasteiger partial charge in [-0.2, -0.15) is 0 Å². The predicted molar refractivity (Wildman–Crippen MR) is 126 cm³/mol. The molecule has 0 unspecified atom stereocenters. The van der Waals surface area contributed by atoms with Crippen molar-refractivity contribution in [3.05, 3.63) is 39.8 Å². The van der Waals surface area contributed by atoms with Gasteiger partial charge in [-0.15, -0.1) is 0 Å². The van der Waals surface area contributed by atoms with Gasteiger partial charge < -0.3 is 9.64 Å². The Labute approximate surface area is 187 Å². The van der Waals surface area contributed by atoms with E-state index >= 15 is 0 Å². The van der Waals surface area contributed by atoms with Crippen LogP contribution in [0.1, 0.15) is 75.3 Å². The van der Waals surface area contributed by atoms with Gasteiger partial charge in [0.2, 0.25) is 0 Å². The lowest BCUT2D eigenvalue weighted by Gasteiger charge is -2.36. The molecule has 2 aromatic rings. The third-order valence-corrected chi connectivity index (χ3v) is 7.70. The minimum absolute atomic E-state index is 0.0403. The normalized spacial score (nSPS) is 25.8. The Morgan fingerprint density at radius 1 is 1.26 bits per heavy atom. The number of nitrogens with zero attached hydrogens (tertiary/aromatic N) is 4. The van der Waals surface area contributed by atoms with Gasteiger partial charge in [-0.25, -0.2) is 9.98 Å². The zero-order chi connectivity index (χ0) is 21.6. The number of piperidine rings is 1. The van der Waals surface area contributed by atoms with Crippen molar-refractivity contribution in [3.8, 4) is 0 Å². The average Bonchev–Trinajstić information content (AvgIpc) is 3.09. The molecule has 0 amide bonds. The summed E-state index contributed by atoms with van der Waals surface area (Å²) in [4.78, 5) is 25.2. The van der Waals surface area contributed by atoms with E-state index in [2.05, 4.69) is 29.9 Å². The standard InChI is InChI=1S/C23H31N5O2S/c1-15-25-21-18(22(29)26-28(21)16-9-13-30-23(2,3)14-16)19(31-15)17-8-7-10-24-20(17)27-11-5-4-6-12-27/h7-8,10,16,19H,4-6,9,11-14H2,1-3H3,(H,26,29)/t16-,19+/m1/s1. The van der Waals surface area contributed by atoms with E-state index in [1.165, 1.54) is 19.3 Å². The summed E-state index contributed by atoms with van der Waals surface area (Å²) in [7, 11) is 0. The fourth-order valence-corrected chi connectivity index (χ4v) is 6.22. The molecule has 2 saturated heterocycles. The van der Waals surface area contributed by atoms with Crippen LogP contribution in [0.25, 0.3) is 0 Å². The summed E-state index contributed by atoms with van der Waals surface area (Å²) < 4.78 is 7.91. The van der Waals surface area contributed by atoms with Gasteiger partial charge in [-0.05, 0) is 58.9 Å². The molecule has 7 nitrogen and oxygen atoms in total. The van der Waals surface area contributed by atoms with Crippen LogP contribution < -0.4 is 10.5 Å². The summed E-state index contributed by atoms with van der Waals surface area (Å²) in [5.74, 6) is 1.79. The maximum atomic E-state index is 13.2. The number of fused-ring (bicyclic) bond motifs is 1. The second-order valence-corrected chi connectivity index (χ2v) is 10.7. The van der Waals surface area contributed by atoms with E-state index < -0.39 is 0 Å². The molecule has 31 heavy (non-hydrogen) atoms. The number of rotatable bonds is 3. The number of hydrogen-bond donors (Lipinski definition) is 1. The van der Waals surface area contributed by atoms with E-state index in [-0.39, 0.29) is 22.5 Å². The third-order valence-electron chi connectivity index (χ3n) is 6.54. The number of thioether (sulfide) groups is 1. The molecule has 2 aromatic heterocycles. The van der Waals surface area contributed by atoms with Gasteiger partial charge in [0.05, 0.1) is 27.5 Å². The summed E-state index contributed by atoms with van der Waals surface area (Å²) >= 11 is 1.66. The van der Waals surface area contributed by atoms with Crippen LogP contribution in [0.3, 0.4) is 0 Å². The lowest BCUT2D eigenvalue weighted by atomic mass is 9.94. The number of aromatic amines is 1. The Kier molecular flexibility index (Phi) is 5.46. The van der Waals surface area contributed by atoms with Crippen LogP contribution in [0.15, 0.2) is 28.1 Å². The Hall–Kier alpha value is -2.06. The van der Waals surface area contributed by atoms with E-state index in [9.17, 15) is 4.79 Å². The highest BCUT2D eigenvalue weighted by Gasteiger charge is 2.37. The van der Waals surface area contributed by atoms with Crippen LogP contribution in [0.2, 0.25) is 0 Å². The number of ether oxygens (including phenoxy) is 1. The minimum Gasteiger partial charge on any atom is -0.375 e. The van der Waals surface area contributed by atoms with Crippen LogP contribution in [0, 0.1) is 0 Å². The zero-order valence-corrected chi connectivity index (χ0v) is 19.4. The number of hydrogen-bond acceptors (Lipinski definition) is 6. The first-order chi connectivity index (χ1) is 14.9. The molecule has 1 N–H and O–H groups in total. The van der Waals surface area contributed by atoms with Crippen LogP contribution in [0.5, 0.6) is 0 Å². The van der Waals surface area contributed by atoms with Crippen molar-refractivity contribution in [2.75, 3.05) is 24.6 Å². The number of H-pyrrole nitrogens is 1. The molecule has 3 aliphatic rings. The van der Waals surface area contributed by atoms with E-state index in [0.29, 0.717) is 6.61 Å². The van der Waals surface area contributed by atoms with Crippen LogP contribution in [0.4, 0.5) is 11.6 Å². The molecule has 2 fully saturated rings. The van der Waals surface area contributed by atoms with E-state index in [0.717, 1.165) is 53.7 Å². The van der Waals surface area contributed by atoms with Crippen molar-refractivity contribution in [2.24, 2.45) is 4.99 Å². The number of aliphatic imine (C=N–C) groups is 1. The Bertz CT molecular complexity index is 1050. The first-order valence-corrected chi connectivity index (χ1v) is 12.2. The van der Waals surface area contributed by atoms with Crippen LogP contribution in [-0.2, 0) is 4.74 Å².